The van der Waals surface area contributed by atoms with Gasteiger partial charge in [-0.3, -0.25) is 4.79 Å². The van der Waals surface area contributed by atoms with Crippen LogP contribution in [0.1, 0.15) is 19.3 Å². The summed E-state index contributed by atoms with van der Waals surface area (Å²) in [6.07, 6.45) is 0.815. The second-order valence-electron chi connectivity index (χ2n) is 3.53. The summed E-state index contributed by atoms with van der Waals surface area (Å²) >= 11 is 0. The minimum atomic E-state index is -1.17. The van der Waals surface area contributed by atoms with Gasteiger partial charge in [0, 0.05) is 6.54 Å². The summed E-state index contributed by atoms with van der Waals surface area (Å²) in [5.41, 5.74) is 0. The molecule has 3 atom stereocenters. The van der Waals surface area contributed by atoms with Gasteiger partial charge in [-0.05, 0) is 19.3 Å². The summed E-state index contributed by atoms with van der Waals surface area (Å²) in [5.74, 6) is -0.299. The Morgan fingerprint density at radius 2 is 2.08 bits per heavy atom. The lowest BCUT2D eigenvalue weighted by atomic mass is 10.0. The van der Waals surface area contributed by atoms with Crippen molar-refractivity contribution in [3.05, 3.63) is 0 Å². The molecule has 0 bridgehead atoms. The zero-order valence-corrected chi connectivity index (χ0v) is 6.81. The highest BCUT2D eigenvalue weighted by atomic mass is 16.3. The minimum Gasteiger partial charge on any atom is -0.388 e. The number of nitrogens with zero attached hydrogens (tertiary/aromatic N) is 1. The molecule has 0 spiro atoms. The van der Waals surface area contributed by atoms with Crippen LogP contribution in [0.15, 0.2) is 0 Å². The molecule has 2 fully saturated rings. The van der Waals surface area contributed by atoms with Gasteiger partial charge < -0.3 is 15.1 Å². The van der Waals surface area contributed by atoms with E-state index in [1.165, 1.54) is 0 Å². The largest absolute Gasteiger partial charge is 0.388 e. The normalized spacial score (nSPS) is 41.7. The molecule has 0 aromatic rings. The van der Waals surface area contributed by atoms with Crippen molar-refractivity contribution in [3.63, 3.8) is 0 Å². The average molecular weight is 171 g/mol. The minimum absolute atomic E-state index is 0.124. The molecule has 2 rings (SSSR count). The number of aliphatic hydroxyl groups excluding tert-OH is 2. The first kappa shape index (κ1) is 8.01. The molecule has 2 heterocycles. The van der Waals surface area contributed by atoms with Crippen LogP contribution in [0.2, 0.25) is 0 Å². The van der Waals surface area contributed by atoms with Gasteiger partial charge >= 0.3 is 0 Å². The van der Waals surface area contributed by atoms with E-state index in [9.17, 15) is 15.0 Å². The van der Waals surface area contributed by atoms with E-state index in [0.29, 0.717) is 6.54 Å². The zero-order valence-electron chi connectivity index (χ0n) is 6.81. The van der Waals surface area contributed by atoms with Gasteiger partial charge in [0.1, 0.15) is 6.10 Å². The van der Waals surface area contributed by atoms with E-state index in [2.05, 4.69) is 0 Å². The Bertz CT molecular complexity index is 206. The molecule has 0 aliphatic carbocycles. The molecule has 4 heteroatoms. The third kappa shape index (κ3) is 0.949. The van der Waals surface area contributed by atoms with Gasteiger partial charge in [-0.2, -0.15) is 0 Å². The van der Waals surface area contributed by atoms with E-state index >= 15 is 0 Å². The summed E-state index contributed by atoms with van der Waals surface area (Å²) in [7, 11) is 0. The lowest BCUT2D eigenvalue weighted by molar-refractivity contribution is -0.136. The monoisotopic (exact) mass is 171 g/mol. The molecule has 2 aliphatic heterocycles. The van der Waals surface area contributed by atoms with E-state index in [-0.39, 0.29) is 11.9 Å². The smallest absolute Gasteiger partial charge is 0.254 e. The number of piperidine rings is 1. The number of carbonyl (C=O) groups excluding carboxylic acids is 1. The van der Waals surface area contributed by atoms with Crippen LogP contribution in [-0.2, 0) is 4.79 Å². The summed E-state index contributed by atoms with van der Waals surface area (Å²) in [6, 6.07) is -0.124. The first-order valence-electron chi connectivity index (χ1n) is 4.38. The molecule has 68 valence electrons. The van der Waals surface area contributed by atoms with Crippen LogP contribution < -0.4 is 0 Å². The van der Waals surface area contributed by atoms with Crippen LogP contribution >= 0.6 is 0 Å². The van der Waals surface area contributed by atoms with Crippen LogP contribution in [0.4, 0.5) is 0 Å². The van der Waals surface area contributed by atoms with Crippen molar-refractivity contribution in [1.29, 1.82) is 0 Å². The van der Waals surface area contributed by atoms with Crippen LogP contribution in [0.5, 0.6) is 0 Å². The Morgan fingerprint density at radius 1 is 1.33 bits per heavy atom. The van der Waals surface area contributed by atoms with Gasteiger partial charge in [-0.1, -0.05) is 0 Å². The van der Waals surface area contributed by atoms with E-state index in [4.69, 9.17) is 0 Å². The zero-order chi connectivity index (χ0) is 8.72. The van der Waals surface area contributed by atoms with Crippen molar-refractivity contribution in [3.8, 4) is 0 Å². The fourth-order valence-electron chi connectivity index (χ4n) is 2.11. The molecule has 0 unspecified atom stereocenters. The molecular weight excluding hydrogens is 158 g/mol. The van der Waals surface area contributed by atoms with E-state index in [1.54, 1.807) is 4.90 Å². The second kappa shape index (κ2) is 2.71. The molecule has 0 radical (unpaired) electrons. The molecule has 12 heavy (non-hydrogen) atoms. The van der Waals surface area contributed by atoms with Gasteiger partial charge in [0.05, 0.1) is 6.04 Å². The predicted octanol–water partition coefficient (Wildman–Crippen LogP) is -0.897. The molecule has 1 amide bonds. The maximum absolute atomic E-state index is 11.3. The molecular formula is C8H13NO3. The van der Waals surface area contributed by atoms with Gasteiger partial charge in [0.25, 0.3) is 5.91 Å². The van der Waals surface area contributed by atoms with Crippen LogP contribution in [0.25, 0.3) is 0 Å². The summed E-state index contributed by atoms with van der Waals surface area (Å²) in [5, 5.41) is 18.7. The highest BCUT2D eigenvalue weighted by molar-refractivity contribution is 5.84. The lowest BCUT2D eigenvalue weighted by Crippen LogP contribution is -2.40. The van der Waals surface area contributed by atoms with Crippen molar-refractivity contribution in [2.24, 2.45) is 0 Å². The lowest BCUT2D eigenvalue weighted by Gasteiger charge is -2.30. The van der Waals surface area contributed by atoms with Crippen molar-refractivity contribution < 1.29 is 15.0 Å². The first-order chi connectivity index (χ1) is 5.72. The Morgan fingerprint density at radius 3 is 2.75 bits per heavy atom. The van der Waals surface area contributed by atoms with E-state index in [1.807, 2.05) is 0 Å². The highest BCUT2D eigenvalue weighted by Crippen LogP contribution is 2.28. The maximum atomic E-state index is 11.3. The molecule has 2 saturated heterocycles. The number of rotatable bonds is 0. The quantitative estimate of drug-likeness (QED) is 0.496. The Balaban J connectivity index is 2.19. The van der Waals surface area contributed by atoms with Crippen molar-refractivity contribution in [2.75, 3.05) is 6.54 Å². The first-order valence-corrected chi connectivity index (χ1v) is 4.38. The Hall–Kier alpha value is -0.610. The van der Waals surface area contributed by atoms with Crippen LogP contribution in [0.3, 0.4) is 0 Å². The van der Waals surface area contributed by atoms with E-state index in [0.717, 1.165) is 19.3 Å². The van der Waals surface area contributed by atoms with Crippen molar-refractivity contribution in [2.45, 2.75) is 37.5 Å². The Labute approximate surface area is 70.8 Å². The predicted molar refractivity (Wildman–Crippen MR) is 41.4 cm³/mol. The van der Waals surface area contributed by atoms with Gasteiger partial charge in [0.2, 0.25) is 0 Å². The summed E-state index contributed by atoms with van der Waals surface area (Å²) < 4.78 is 0. The number of carbonyl (C=O) groups is 1. The number of hydrogen-bond donors (Lipinski definition) is 2. The third-order valence-corrected chi connectivity index (χ3v) is 2.80. The summed E-state index contributed by atoms with van der Waals surface area (Å²) in [6.45, 7) is 0.692. The molecule has 0 aromatic heterocycles. The molecule has 2 N–H and O–H groups in total. The average Bonchev–Trinajstić information content (AvgIpc) is 2.33. The molecule has 4 nitrogen and oxygen atoms in total. The second-order valence-corrected chi connectivity index (χ2v) is 3.53. The topological polar surface area (TPSA) is 60.8 Å². The summed E-state index contributed by atoms with van der Waals surface area (Å²) in [4.78, 5) is 12.9. The Kier molecular flexibility index (Phi) is 1.81. The number of aliphatic hydroxyl groups is 2. The van der Waals surface area contributed by atoms with Crippen molar-refractivity contribution in [1.82, 2.24) is 4.90 Å². The SMILES string of the molecule is O=C1[C@@H](O)[C@@H](O)[C@@H]2CCCCN12. The van der Waals surface area contributed by atoms with Crippen LogP contribution in [0, 0.1) is 0 Å². The standard InChI is InChI=1S/C8H13NO3/c10-6-5-3-1-2-4-9(5)8(12)7(6)11/h5-7,10-11H,1-4H2/t5-,6-,7-/m0/s1. The fraction of sp³-hybridized carbons (Fsp3) is 0.875. The van der Waals surface area contributed by atoms with Crippen LogP contribution in [-0.4, -0.2) is 45.8 Å². The van der Waals surface area contributed by atoms with Gasteiger partial charge in [-0.15, -0.1) is 0 Å². The molecule has 0 aromatic carbocycles. The number of amides is 1. The third-order valence-electron chi connectivity index (χ3n) is 2.80. The number of hydrogen-bond acceptors (Lipinski definition) is 3. The van der Waals surface area contributed by atoms with Crippen molar-refractivity contribution >= 4 is 5.91 Å². The van der Waals surface area contributed by atoms with Gasteiger partial charge in [-0.25, -0.2) is 0 Å². The number of fused-ring (bicyclic) bond motifs is 1. The van der Waals surface area contributed by atoms with E-state index < -0.39 is 12.2 Å². The highest BCUT2D eigenvalue weighted by Gasteiger charge is 2.46. The molecule has 2 aliphatic rings. The fourth-order valence-corrected chi connectivity index (χ4v) is 2.11. The van der Waals surface area contributed by atoms with Gasteiger partial charge in [0.15, 0.2) is 6.10 Å². The maximum Gasteiger partial charge on any atom is 0.254 e. The molecule has 0 saturated carbocycles.